The average Bonchev–Trinajstić information content (AvgIpc) is 3.32. The van der Waals surface area contributed by atoms with Crippen molar-refractivity contribution in [3.8, 4) is 0 Å². The molecule has 2 aromatic heterocycles. The number of fused-ring (bicyclic) bond motifs is 1. The molecule has 1 atom stereocenters. The molecule has 3 N–H and O–H groups in total. The molecule has 200 valence electrons. The number of thioether (sulfide) groups is 1. The van der Waals surface area contributed by atoms with Crippen molar-refractivity contribution in [3.63, 3.8) is 0 Å². The Bertz CT molecular complexity index is 1480. The third-order valence-electron chi connectivity index (χ3n) is 5.38. The van der Waals surface area contributed by atoms with Crippen molar-refractivity contribution in [2.24, 2.45) is 0 Å². The van der Waals surface area contributed by atoms with E-state index in [0.29, 0.717) is 17.0 Å². The number of aromatic amines is 1. The highest BCUT2D eigenvalue weighted by molar-refractivity contribution is 8.14. The first-order chi connectivity index (χ1) is 18.3. The zero-order chi connectivity index (χ0) is 27.0. The SMILES string of the molecule is Cc1ccc(C(=O)SCCOP(=O)(COCCn2cnc3c(=O)[nH]c(N)nc32)OCc2ccccc2)cc1. The smallest absolute Gasteiger partial charge is 0.356 e. The number of nitrogens with zero attached hydrogens (tertiary/aromatic N) is 3. The summed E-state index contributed by atoms with van der Waals surface area (Å²) in [7, 11) is -3.66. The number of nitrogens with two attached hydrogens (primary N) is 1. The van der Waals surface area contributed by atoms with E-state index in [2.05, 4.69) is 15.0 Å². The van der Waals surface area contributed by atoms with E-state index in [-0.39, 0.29) is 49.3 Å². The van der Waals surface area contributed by atoms with Gasteiger partial charge in [-0.15, -0.1) is 0 Å². The van der Waals surface area contributed by atoms with Crippen LogP contribution in [0.1, 0.15) is 21.5 Å². The molecule has 0 aliphatic heterocycles. The quantitative estimate of drug-likeness (QED) is 0.182. The Morgan fingerprint density at radius 2 is 1.87 bits per heavy atom. The summed E-state index contributed by atoms with van der Waals surface area (Å²) >= 11 is 1.08. The second-order valence-electron chi connectivity index (χ2n) is 8.30. The highest BCUT2D eigenvalue weighted by Gasteiger charge is 2.26. The molecule has 38 heavy (non-hydrogen) atoms. The topological polar surface area (TPSA) is 151 Å². The van der Waals surface area contributed by atoms with Crippen molar-refractivity contribution in [3.05, 3.63) is 88.0 Å². The maximum absolute atomic E-state index is 13.4. The molecule has 0 saturated heterocycles. The number of nitrogen functional groups attached to an aromatic ring is 1. The second-order valence-corrected chi connectivity index (χ2v) is 11.4. The lowest BCUT2D eigenvalue weighted by atomic mass is 10.2. The summed E-state index contributed by atoms with van der Waals surface area (Å²) in [5.74, 6) is 0.282. The zero-order valence-electron chi connectivity index (χ0n) is 20.7. The number of ether oxygens (including phenoxy) is 1. The molecule has 2 heterocycles. The molecule has 1 unspecified atom stereocenters. The third-order valence-corrected chi connectivity index (χ3v) is 7.85. The minimum atomic E-state index is -3.66. The Morgan fingerprint density at radius 3 is 2.63 bits per heavy atom. The van der Waals surface area contributed by atoms with E-state index in [4.69, 9.17) is 19.5 Å². The van der Waals surface area contributed by atoms with Gasteiger partial charge in [-0.3, -0.25) is 19.1 Å². The Labute approximate surface area is 223 Å². The number of carbonyl (C=O) groups excluding carboxylic acids is 1. The fraction of sp³-hybridized carbons (Fsp3) is 0.280. The maximum atomic E-state index is 13.4. The highest BCUT2D eigenvalue weighted by atomic mass is 32.2. The van der Waals surface area contributed by atoms with E-state index in [1.165, 1.54) is 6.33 Å². The zero-order valence-corrected chi connectivity index (χ0v) is 22.5. The number of rotatable bonds is 13. The first-order valence-electron chi connectivity index (χ1n) is 11.8. The number of aromatic nitrogens is 4. The normalized spacial score (nSPS) is 13.0. The molecule has 4 rings (SSSR count). The van der Waals surface area contributed by atoms with Crippen molar-refractivity contribution in [2.75, 3.05) is 31.0 Å². The number of nitrogens with one attached hydrogen (secondary N) is 1. The molecule has 11 nitrogen and oxygen atoms in total. The summed E-state index contributed by atoms with van der Waals surface area (Å²) in [5, 5.41) is -0.0921. The maximum Gasteiger partial charge on any atom is 0.356 e. The molecule has 0 bridgehead atoms. The van der Waals surface area contributed by atoms with Gasteiger partial charge < -0.3 is 24.1 Å². The van der Waals surface area contributed by atoms with Crippen LogP contribution in [-0.2, 0) is 31.5 Å². The fourth-order valence-electron chi connectivity index (χ4n) is 3.42. The number of H-pyrrole nitrogens is 1. The van der Waals surface area contributed by atoms with Crippen LogP contribution in [0.2, 0.25) is 0 Å². The molecular weight excluding hydrogens is 529 g/mol. The average molecular weight is 558 g/mol. The lowest BCUT2D eigenvalue weighted by Crippen LogP contribution is -2.13. The monoisotopic (exact) mass is 557 g/mol. The number of imidazole rings is 1. The lowest BCUT2D eigenvalue weighted by Gasteiger charge is -2.19. The van der Waals surface area contributed by atoms with Gasteiger partial charge in [0.05, 0.1) is 26.1 Å². The van der Waals surface area contributed by atoms with Gasteiger partial charge in [0.2, 0.25) is 11.1 Å². The van der Waals surface area contributed by atoms with Gasteiger partial charge in [0.1, 0.15) is 6.35 Å². The van der Waals surface area contributed by atoms with Gasteiger partial charge in [-0.1, -0.05) is 71.9 Å². The van der Waals surface area contributed by atoms with Crippen LogP contribution in [0, 0.1) is 6.92 Å². The lowest BCUT2D eigenvalue weighted by molar-refractivity contribution is 0.108. The minimum Gasteiger partial charge on any atom is -0.369 e. The summed E-state index contributed by atoms with van der Waals surface area (Å²) in [4.78, 5) is 34.9. The molecule has 0 spiro atoms. The third kappa shape index (κ3) is 7.62. The predicted molar refractivity (Wildman–Crippen MR) is 146 cm³/mol. The summed E-state index contributed by atoms with van der Waals surface area (Å²) in [6, 6.07) is 16.6. The van der Waals surface area contributed by atoms with Gasteiger partial charge in [-0.25, -0.2) is 4.98 Å². The molecule has 4 aromatic rings. The number of anilines is 1. The van der Waals surface area contributed by atoms with Crippen LogP contribution < -0.4 is 11.3 Å². The van der Waals surface area contributed by atoms with Crippen LogP contribution in [-0.4, -0.2) is 49.9 Å². The van der Waals surface area contributed by atoms with Crippen LogP contribution in [0.3, 0.4) is 0 Å². The van der Waals surface area contributed by atoms with Crippen LogP contribution in [0.25, 0.3) is 11.2 Å². The van der Waals surface area contributed by atoms with Crippen LogP contribution >= 0.6 is 19.4 Å². The van der Waals surface area contributed by atoms with Crippen molar-refractivity contribution in [1.82, 2.24) is 19.5 Å². The summed E-state index contributed by atoms with van der Waals surface area (Å²) < 4.78 is 32.0. The Balaban J connectivity index is 1.31. The molecule has 0 fully saturated rings. The van der Waals surface area contributed by atoms with Crippen molar-refractivity contribution >= 4 is 41.6 Å². The first-order valence-corrected chi connectivity index (χ1v) is 14.5. The minimum absolute atomic E-state index is 0.0175. The molecule has 13 heteroatoms. The summed E-state index contributed by atoms with van der Waals surface area (Å²) in [6.07, 6.45) is 1.17. The van der Waals surface area contributed by atoms with Gasteiger partial charge in [0.15, 0.2) is 11.2 Å². The van der Waals surface area contributed by atoms with Gasteiger partial charge in [0.25, 0.3) is 5.56 Å². The van der Waals surface area contributed by atoms with Gasteiger partial charge in [-0.2, -0.15) is 4.98 Å². The Kier molecular flexibility index (Phi) is 9.48. The van der Waals surface area contributed by atoms with Crippen molar-refractivity contribution in [1.29, 1.82) is 0 Å². The predicted octanol–water partition coefficient (Wildman–Crippen LogP) is 3.98. The number of carbonyl (C=O) groups is 1. The first kappa shape index (κ1) is 27.7. The second kappa shape index (κ2) is 13.0. The van der Waals surface area contributed by atoms with E-state index < -0.39 is 13.2 Å². The number of benzene rings is 2. The van der Waals surface area contributed by atoms with Crippen molar-refractivity contribution in [2.45, 2.75) is 20.1 Å². The largest absolute Gasteiger partial charge is 0.369 e. The summed E-state index contributed by atoms with van der Waals surface area (Å²) in [5.41, 5.74) is 8.18. The van der Waals surface area contributed by atoms with E-state index in [1.54, 1.807) is 16.7 Å². The Hall–Kier alpha value is -3.28. The van der Waals surface area contributed by atoms with Gasteiger partial charge >= 0.3 is 7.60 Å². The van der Waals surface area contributed by atoms with Crippen LogP contribution in [0.4, 0.5) is 5.95 Å². The van der Waals surface area contributed by atoms with Gasteiger partial charge in [-0.05, 0) is 12.5 Å². The van der Waals surface area contributed by atoms with Gasteiger partial charge in [0, 0.05) is 17.9 Å². The number of hydrogen-bond donors (Lipinski definition) is 2. The number of hydrogen-bond acceptors (Lipinski definition) is 10. The fourth-order valence-corrected chi connectivity index (χ4v) is 5.49. The van der Waals surface area contributed by atoms with E-state index in [9.17, 15) is 14.2 Å². The Morgan fingerprint density at radius 1 is 1.11 bits per heavy atom. The van der Waals surface area contributed by atoms with E-state index in [1.807, 2.05) is 49.4 Å². The number of aryl methyl sites for hydroxylation is 1. The van der Waals surface area contributed by atoms with Crippen LogP contribution in [0.15, 0.2) is 65.7 Å². The molecule has 0 amide bonds. The highest BCUT2D eigenvalue weighted by Crippen LogP contribution is 2.49. The molecule has 0 saturated carbocycles. The summed E-state index contributed by atoms with van der Waals surface area (Å²) in [6.45, 7) is 2.48. The molecule has 0 aliphatic rings. The van der Waals surface area contributed by atoms with Crippen LogP contribution in [0.5, 0.6) is 0 Å². The van der Waals surface area contributed by atoms with E-state index >= 15 is 0 Å². The molecular formula is C25H28N5O6PS. The van der Waals surface area contributed by atoms with E-state index in [0.717, 1.165) is 22.9 Å². The molecule has 0 aliphatic carbocycles. The standard InChI is InChI=1S/C25H28N5O6PS/c1-18-7-9-20(10-8-18)24(32)38-14-13-35-37(33,36-15-19-5-3-2-4-6-19)17-34-12-11-30-16-27-21-22(30)28-25(26)29-23(21)31/h2-10,16H,11-15,17H2,1H3,(H3,26,28,29,31). The molecule has 2 aromatic carbocycles. The molecule has 0 radical (unpaired) electrons. The van der Waals surface area contributed by atoms with Crippen molar-refractivity contribution < 1.29 is 23.1 Å².